The molecule has 0 radical (unpaired) electrons. The van der Waals surface area contributed by atoms with Crippen LogP contribution in [-0.4, -0.2) is 68.5 Å². The van der Waals surface area contributed by atoms with Crippen LogP contribution in [0, 0.1) is 12.3 Å². The van der Waals surface area contributed by atoms with Crippen molar-refractivity contribution >= 4 is 35.0 Å². The standard InChI is InChI=1S/C36H54N4O6S/c1-24(26-17-19-27(20-18-26)32-25(2)37-23-47-32)38-34(45)29-21-28(41)22-40(29)35(46)33(36(3,4)5)39-30(42)15-13-11-9-7-6-8-10-12-14-16-31(43)44/h17-20,23-24,28-29,33,41H,6-16,21-22H2,1-5H3,(H,38,45)(H,39,42)(H,43,44)/t24-,28+,29-,33?/m0/s1. The van der Waals surface area contributed by atoms with E-state index in [4.69, 9.17) is 5.11 Å². The number of aliphatic carboxylic acids is 1. The van der Waals surface area contributed by atoms with E-state index in [1.165, 1.54) is 4.90 Å². The molecular formula is C36H54N4O6S. The summed E-state index contributed by atoms with van der Waals surface area (Å²) >= 11 is 1.58. The third kappa shape index (κ3) is 12.0. The number of carbonyl (C=O) groups excluding carboxylic acids is 3. The first-order valence-electron chi connectivity index (χ1n) is 17.1. The van der Waals surface area contributed by atoms with Crippen molar-refractivity contribution in [3.63, 3.8) is 0 Å². The third-order valence-electron chi connectivity index (χ3n) is 8.85. The maximum absolute atomic E-state index is 13.9. The van der Waals surface area contributed by atoms with E-state index in [1.807, 2.05) is 64.4 Å². The van der Waals surface area contributed by atoms with Crippen molar-refractivity contribution in [1.82, 2.24) is 20.5 Å². The lowest BCUT2D eigenvalue weighted by Gasteiger charge is -2.35. The molecule has 4 N–H and O–H groups in total. The number of likely N-dealkylation sites (tertiary alicyclic amines) is 1. The van der Waals surface area contributed by atoms with Crippen molar-refractivity contribution in [2.45, 2.75) is 136 Å². The van der Waals surface area contributed by atoms with E-state index < -0.39 is 29.6 Å². The van der Waals surface area contributed by atoms with Gasteiger partial charge in [0, 0.05) is 25.8 Å². The van der Waals surface area contributed by atoms with Gasteiger partial charge in [-0.3, -0.25) is 19.2 Å². The number of aliphatic hydroxyl groups is 1. The third-order valence-corrected chi connectivity index (χ3v) is 9.83. The first kappa shape index (κ1) is 38.1. The number of nitrogens with one attached hydrogen (secondary N) is 2. The summed E-state index contributed by atoms with van der Waals surface area (Å²) in [5, 5.41) is 25.2. The highest BCUT2D eigenvalue weighted by Crippen LogP contribution is 2.29. The quantitative estimate of drug-likeness (QED) is 0.139. The Bertz CT molecular complexity index is 1320. The number of aliphatic hydroxyl groups excluding tert-OH is 1. The zero-order valence-corrected chi connectivity index (χ0v) is 29.5. The molecule has 0 spiro atoms. The Morgan fingerprint density at radius 1 is 0.936 bits per heavy atom. The summed E-state index contributed by atoms with van der Waals surface area (Å²) in [6.45, 7) is 9.57. The monoisotopic (exact) mass is 670 g/mol. The van der Waals surface area contributed by atoms with E-state index in [2.05, 4.69) is 15.6 Å². The van der Waals surface area contributed by atoms with Crippen molar-refractivity contribution in [2.24, 2.45) is 5.41 Å². The van der Waals surface area contributed by atoms with Gasteiger partial charge in [0.2, 0.25) is 17.7 Å². The summed E-state index contributed by atoms with van der Waals surface area (Å²) in [5.74, 6) is -1.62. The number of benzene rings is 1. The van der Waals surface area contributed by atoms with Gasteiger partial charge in [0.25, 0.3) is 0 Å². The second kappa shape index (κ2) is 18.3. The topological polar surface area (TPSA) is 149 Å². The smallest absolute Gasteiger partial charge is 0.303 e. The maximum atomic E-state index is 13.9. The largest absolute Gasteiger partial charge is 0.481 e. The molecule has 260 valence electrons. The van der Waals surface area contributed by atoms with Gasteiger partial charge >= 0.3 is 5.97 Å². The molecule has 1 aliphatic rings. The predicted octanol–water partition coefficient (Wildman–Crippen LogP) is 6.16. The van der Waals surface area contributed by atoms with Crippen LogP contribution in [0.15, 0.2) is 29.8 Å². The van der Waals surface area contributed by atoms with Crippen LogP contribution in [0.1, 0.15) is 122 Å². The normalized spacial score (nSPS) is 17.7. The van der Waals surface area contributed by atoms with Gasteiger partial charge < -0.3 is 25.7 Å². The molecule has 3 amide bonds. The van der Waals surface area contributed by atoms with Crippen molar-refractivity contribution in [1.29, 1.82) is 0 Å². The van der Waals surface area contributed by atoms with Crippen LogP contribution in [0.5, 0.6) is 0 Å². The molecule has 10 nitrogen and oxygen atoms in total. The van der Waals surface area contributed by atoms with E-state index in [0.29, 0.717) is 6.42 Å². The fourth-order valence-electron chi connectivity index (χ4n) is 6.05. The number of aromatic nitrogens is 1. The Hall–Kier alpha value is -3.31. The lowest BCUT2D eigenvalue weighted by molar-refractivity contribution is -0.144. The van der Waals surface area contributed by atoms with Gasteiger partial charge in [0.15, 0.2) is 0 Å². The van der Waals surface area contributed by atoms with Gasteiger partial charge in [0.05, 0.1) is 28.2 Å². The van der Waals surface area contributed by atoms with E-state index >= 15 is 0 Å². The highest BCUT2D eigenvalue weighted by molar-refractivity contribution is 7.13. The number of amides is 3. The summed E-state index contributed by atoms with van der Waals surface area (Å²) in [4.78, 5) is 57.8. The molecule has 4 atom stereocenters. The lowest BCUT2D eigenvalue weighted by atomic mass is 9.85. The van der Waals surface area contributed by atoms with Gasteiger partial charge in [-0.25, -0.2) is 4.98 Å². The Morgan fingerprint density at radius 2 is 1.51 bits per heavy atom. The summed E-state index contributed by atoms with van der Waals surface area (Å²) in [6.07, 6.45) is 8.57. The van der Waals surface area contributed by atoms with E-state index in [9.17, 15) is 24.3 Å². The summed E-state index contributed by atoms with van der Waals surface area (Å²) in [6, 6.07) is 6.00. The second-order valence-corrected chi connectivity index (χ2v) is 14.8. The fraction of sp³-hybridized carbons (Fsp3) is 0.639. The average Bonchev–Trinajstić information content (AvgIpc) is 3.62. The molecule has 2 heterocycles. The molecule has 0 saturated carbocycles. The van der Waals surface area contributed by atoms with E-state index in [-0.39, 0.29) is 43.1 Å². The van der Waals surface area contributed by atoms with Crippen LogP contribution in [0.2, 0.25) is 0 Å². The minimum Gasteiger partial charge on any atom is -0.481 e. The lowest BCUT2D eigenvalue weighted by Crippen LogP contribution is -2.57. The molecule has 47 heavy (non-hydrogen) atoms. The minimum absolute atomic E-state index is 0.0379. The number of hydrogen-bond donors (Lipinski definition) is 4. The summed E-state index contributed by atoms with van der Waals surface area (Å²) in [5.41, 5.74) is 4.19. The van der Waals surface area contributed by atoms with Crippen molar-refractivity contribution in [2.75, 3.05) is 6.54 Å². The molecular weight excluding hydrogens is 616 g/mol. The molecule has 1 aliphatic heterocycles. The number of rotatable bonds is 18. The number of hydrogen-bond acceptors (Lipinski definition) is 7. The van der Waals surface area contributed by atoms with Gasteiger partial charge in [-0.05, 0) is 43.2 Å². The Labute approximate surface area is 283 Å². The zero-order chi connectivity index (χ0) is 34.6. The number of thiazole rings is 1. The number of nitrogens with zero attached hydrogens (tertiary/aromatic N) is 2. The van der Waals surface area contributed by atoms with E-state index in [1.54, 1.807) is 11.3 Å². The molecule has 1 fully saturated rings. The maximum Gasteiger partial charge on any atom is 0.303 e. The van der Waals surface area contributed by atoms with Gasteiger partial charge in [-0.1, -0.05) is 90.0 Å². The van der Waals surface area contributed by atoms with Crippen LogP contribution >= 0.6 is 11.3 Å². The van der Waals surface area contributed by atoms with Crippen LogP contribution in [0.3, 0.4) is 0 Å². The van der Waals surface area contributed by atoms with Gasteiger partial charge in [-0.15, -0.1) is 11.3 Å². The number of carbonyl (C=O) groups is 4. The molecule has 2 aromatic rings. The van der Waals surface area contributed by atoms with Crippen LogP contribution in [0.25, 0.3) is 10.4 Å². The number of β-amino-alcohol motifs (C(OH)–C–C–N with tert-alkyl or cyclic N) is 1. The highest BCUT2D eigenvalue weighted by Gasteiger charge is 2.44. The Kier molecular flexibility index (Phi) is 14.8. The van der Waals surface area contributed by atoms with Crippen LogP contribution < -0.4 is 10.6 Å². The zero-order valence-electron chi connectivity index (χ0n) is 28.7. The number of carboxylic acids is 1. The molecule has 0 bridgehead atoms. The fourth-order valence-corrected chi connectivity index (χ4v) is 6.86. The van der Waals surface area contributed by atoms with Crippen LogP contribution in [0.4, 0.5) is 0 Å². The molecule has 1 unspecified atom stereocenters. The summed E-state index contributed by atoms with van der Waals surface area (Å²) in [7, 11) is 0. The minimum atomic E-state index is -0.836. The molecule has 1 aromatic carbocycles. The molecule has 3 rings (SSSR count). The Morgan fingerprint density at radius 3 is 2.04 bits per heavy atom. The van der Waals surface area contributed by atoms with Crippen LogP contribution in [-0.2, 0) is 19.2 Å². The van der Waals surface area contributed by atoms with Gasteiger partial charge in [0.1, 0.15) is 12.1 Å². The van der Waals surface area contributed by atoms with E-state index in [0.717, 1.165) is 79.5 Å². The second-order valence-electron chi connectivity index (χ2n) is 14.0. The predicted molar refractivity (Wildman–Crippen MR) is 185 cm³/mol. The van der Waals surface area contributed by atoms with Crippen molar-refractivity contribution in [3.05, 3.63) is 41.0 Å². The first-order chi connectivity index (χ1) is 22.3. The molecule has 1 aromatic heterocycles. The highest BCUT2D eigenvalue weighted by atomic mass is 32.1. The molecule has 0 aliphatic carbocycles. The Balaban J connectivity index is 1.49. The molecule has 11 heteroatoms. The number of aryl methyl sites for hydroxylation is 1. The number of carboxylic acid groups (broad SMARTS) is 1. The average molecular weight is 671 g/mol. The van der Waals surface area contributed by atoms with Gasteiger partial charge in [-0.2, -0.15) is 0 Å². The van der Waals surface area contributed by atoms with Crippen molar-refractivity contribution < 1.29 is 29.4 Å². The number of unbranched alkanes of at least 4 members (excludes halogenated alkanes) is 8. The summed E-state index contributed by atoms with van der Waals surface area (Å²) < 4.78 is 0. The SMILES string of the molecule is Cc1ncsc1-c1ccc([C@H](C)NC(=O)[C@@H]2C[C@@H](O)CN2C(=O)C(NC(=O)CCCCCCCCCCCC(=O)O)C(C)(C)C)cc1. The molecule has 1 saturated heterocycles. The first-order valence-corrected chi connectivity index (χ1v) is 18.0. The van der Waals surface area contributed by atoms with Crippen molar-refractivity contribution in [3.8, 4) is 10.4 Å².